The van der Waals surface area contributed by atoms with Crippen LogP contribution in [0, 0.1) is 6.92 Å². The predicted octanol–water partition coefficient (Wildman–Crippen LogP) is 2.52. The Labute approximate surface area is 90.5 Å². The van der Waals surface area contributed by atoms with Gasteiger partial charge in [-0.1, -0.05) is 13.3 Å². The summed E-state index contributed by atoms with van der Waals surface area (Å²) in [5.41, 5.74) is 2.38. The molecule has 1 aromatic heterocycles. The average Bonchev–Trinajstić information content (AvgIpc) is 2.18. The van der Waals surface area contributed by atoms with Gasteiger partial charge in [-0.15, -0.1) is 0 Å². The molecule has 82 valence electrons. The van der Waals surface area contributed by atoms with Crippen LogP contribution in [-0.2, 0) is 11.2 Å². The van der Waals surface area contributed by atoms with Crippen molar-refractivity contribution >= 4 is 5.97 Å². The van der Waals surface area contributed by atoms with E-state index in [0.717, 1.165) is 24.2 Å². The van der Waals surface area contributed by atoms with Gasteiger partial charge in [-0.05, 0) is 32.4 Å². The van der Waals surface area contributed by atoms with Crippen molar-refractivity contribution in [3.05, 3.63) is 29.1 Å². The molecule has 1 heterocycles. The van der Waals surface area contributed by atoms with E-state index in [0.29, 0.717) is 12.2 Å². The molecule has 1 rings (SSSR count). The Morgan fingerprint density at radius 1 is 1.40 bits per heavy atom. The van der Waals surface area contributed by atoms with Crippen LogP contribution in [0.4, 0.5) is 0 Å². The largest absolute Gasteiger partial charge is 0.462 e. The van der Waals surface area contributed by atoms with E-state index in [1.165, 1.54) is 0 Å². The van der Waals surface area contributed by atoms with Crippen LogP contribution in [0.15, 0.2) is 12.1 Å². The van der Waals surface area contributed by atoms with Gasteiger partial charge < -0.3 is 4.74 Å². The Bertz CT molecular complexity index is 347. The standard InChI is InChI=1S/C12H17NO2/c1-4-6-11-10(12(14)15-5-2)8-7-9(3)13-11/h7-8H,4-6H2,1-3H3. The summed E-state index contributed by atoms with van der Waals surface area (Å²) >= 11 is 0. The highest BCUT2D eigenvalue weighted by molar-refractivity contribution is 5.90. The molecule has 0 saturated carbocycles. The molecule has 0 fully saturated rings. The fourth-order valence-electron chi connectivity index (χ4n) is 1.43. The second-order valence-electron chi connectivity index (χ2n) is 3.42. The van der Waals surface area contributed by atoms with E-state index in [1.807, 2.05) is 13.0 Å². The van der Waals surface area contributed by atoms with Gasteiger partial charge in [-0.25, -0.2) is 4.79 Å². The van der Waals surface area contributed by atoms with Gasteiger partial charge in [0.2, 0.25) is 0 Å². The second kappa shape index (κ2) is 5.49. The molecular formula is C12H17NO2. The number of pyridine rings is 1. The van der Waals surface area contributed by atoms with E-state index in [2.05, 4.69) is 11.9 Å². The van der Waals surface area contributed by atoms with E-state index in [1.54, 1.807) is 13.0 Å². The number of hydrogen-bond donors (Lipinski definition) is 0. The number of ether oxygens (including phenoxy) is 1. The topological polar surface area (TPSA) is 39.2 Å². The van der Waals surface area contributed by atoms with Crippen LogP contribution < -0.4 is 0 Å². The highest BCUT2D eigenvalue weighted by Gasteiger charge is 2.12. The quantitative estimate of drug-likeness (QED) is 0.712. The van der Waals surface area contributed by atoms with E-state index in [9.17, 15) is 4.79 Å². The molecule has 1 aromatic rings. The molecule has 0 aromatic carbocycles. The Morgan fingerprint density at radius 3 is 2.73 bits per heavy atom. The SMILES string of the molecule is CCCc1nc(C)ccc1C(=O)OCC. The molecule has 0 atom stereocenters. The zero-order valence-electron chi connectivity index (χ0n) is 9.54. The molecule has 0 aliphatic heterocycles. The molecular weight excluding hydrogens is 190 g/mol. The molecule has 0 bridgehead atoms. The first-order chi connectivity index (χ1) is 7.19. The van der Waals surface area contributed by atoms with Gasteiger partial charge >= 0.3 is 5.97 Å². The Balaban J connectivity index is 2.99. The van der Waals surface area contributed by atoms with Gasteiger partial charge in [0, 0.05) is 5.69 Å². The minimum Gasteiger partial charge on any atom is -0.462 e. The molecule has 0 radical (unpaired) electrons. The highest BCUT2D eigenvalue weighted by atomic mass is 16.5. The van der Waals surface area contributed by atoms with Gasteiger partial charge in [0.25, 0.3) is 0 Å². The molecule has 3 heteroatoms. The zero-order valence-corrected chi connectivity index (χ0v) is 9.54. The summed E-state index contributed by atoms with van der Waals surface area (Å²) in [4.78, 5) is 16.0. The van der Waals surface area contributed by atoms with Crippen LogP contribution in [0.3, 0.4) is 0 Å². The van der Waals surface area contributed by atoms with Crippen molar-refractivity contribution in [1.29, 1.82) is 0 Å². The number of hydrogen-bond acceptors (Lipinski definition) is 3. The third-order valence-electron chi connectivity index (χ3n) is 2.10. The second-order valence-corrected chi connectivity index (χ2v) is 3.42. The third-order valence-corrected chi connectivity index (χ3v) is 2.10. The number of rotatable bonds is 4. The number of nitrogens with zero attached hydrogens (tertiary/aromatic N) is 1. The maximum absolute atomic E-state index is 11.6. The number of carbonyl (C=O) groups excluding carboxylic acids is 1. The van der Waals surface area contributed by atoms with Crippen LogP contribution in [-0.4, -0.2) is 17.6 Å². The predicted molar refractivity (Wildman–Crippen MR) is 58.9 cm³/mol. The monoisotopic (exact) mass is 207 g/mol. The molecule has 3 nitrogen and oxygen atoms in total. The summed E-state index contributed by atoms with van der Waals surface area (Å²) in [5, 5.41) is 0. The molecule has 0 spiro atoms. The van der Waals surface area contributed by atoms with Crippen LogP contribution in [0.1, 0.15) is 42.0 Å². The Kier molecular flexibility index (Phi) is 4.28. The smallest absolute Gasteiger partial charge is 0.339 e. The lowest BCUT2D eigenvalue weighted by molar-refractivity contribution is 0.0524. The van der Waals surface area contributed by atoms with Gasteiger partial charge in [-0.2, -0.15) is 0 Å². The Morgan fingerprint density at radius 2 is 2.13 bits per heavy atom. The fraction of sp³-hybridized carbons (Fsp3) is 0.500. The zero-order chi connectivity index (χ0) is 11.3. The van der Waals surface area contributed by atoms with Crippen molar-refractivity contribution in [3.63, 3.8) is 0 Å². The maximum Gasteiger partial charge on any atom is 0.339 e. The number of aromatic nitrogens is 1. The first-order valence-electron chi connectivity index (χ1n) is 5.32. The normalized spacial score (nSPS) is 10.1. The summed E-state index contributed by atoms with van der Waals surface area (Å²) in [6, 6.07) is 3.64. The summed E-state index contributed by atoms with van der Waals surface area (Å²) in [6.07, 6.45) is 1.79. The summed E-state index contributed by atoms with van der Waals surface area (Å²) in [6.45, 7) is 6.20. The molecule has 0 amide bonds. The van der Waals surface area contributed by atoms with Crippen molar-refractivity contribution in [2.75, 3.05) is 6.61 Å². The van der Waals surface area contributed by atoms with E-state index in [4.69, 9.17) is 4.74 Å². The van der Waals surface area contributed by atoms with Gasteiger partial charge in [0.15, 0.2) is 0 Å². The summed E-state index contributed by atoms with van der Waals surface area (Å²) in [5.74, 6) is -0.270. The highest BCUT2D eigenvalue weighted by Crippen LogP contribution is 2.11. The van der Waals surface area contributed by atoms with Crippen molar-refractivity contribution in [3.8, 4) is 0 Å². The van der Waals surface area contributed by atoms with E-state index in [-0.39, 0.29) is 5.97 Å². The first-order valence-corrected chi connectivity index (χ1v) is 5.32. The lowest BCUT2D eigenvalue weighted by Gasteiger charge is -2.07. The number of carbonyl (C=O) groups is 1. The van der Waals surface area contributed by atoms with Crippen molar-refractivity contribution in [1.82, 2.24) is 4.98 Å². The first kappa shape index (κ1) is 11.7. The van der Waals surface area contributed by atoms with Crippen LogP contribution >= 0.6 is 0 Å². The molecule has 0 aliphatic rings. The molecule has 0 N–H and O–H groups in total. The van der Waals surface area contributed by atoms with E-state index >= 15 is 0 Å². The summed E-state index contributed by atoms with van der Waals surface area (Å²) < 4.78 is 4.98. The Hall–Kier alpha value is -1.38. The van der Waals surface area contributed by atoms with Gasteiger partial charge in [0.05, 0.1) is 17.9 Å². The minimum absolute atomic E-state index is 0.270. The lowest BCUT2D eigenvalue weighted by atomic mass is 10.1. The van der Waals surface area contributed by atoms with E-state index < -0.39 is 0 Å². The maximum atomic E-state index is 11.6. The minimum atomic E-state index is -0.270. The van der Waals surface area contributed by atoms with Crippen molar-refractivity contribution < 1.29 is 9.53 Å². The van der Waals surface area contributed by atoms with Crippen LogP contribution in [0.25, 0.3) is 0 Å². The van der Waals surface area contributed by atoms with Gasteiger partial charge in [0.1, 0.15) is 0 Å². The van der Waals surface area contributed by atoms with Crippen molar-refractivity contribution in [2.45, 2.75) is 33.6 Å². The average molecular weight is 207 g/mol. The number of aryl methyl sites for hydroxylation is 2. The van der Waals surface area contributed by atoms with Crippen molar-refractivity contribution in [2.24, 2.45) is 0 Å². The molecule has 15 heavy (non-hydrogen) atoms. The molecule has 0 unspecified atom stereocenters. The van der Waals surface area contributed by atoms with Crippen LogP contribution in [0.5, 0.6) is 0 Å². The van der Waals surface area contributed by atoms with Crippen LogP contribution in [0.2, 0.25) is 0 Å². The fourth-order valence-corrected chi connectivity index (χ4v) is 1.43. The summed E-state index contributed by atoms with van der Waals surface area (Å²) in [7, 11) is 0. The molecule has 0 aliphatic carbocycles. The lowest BCUT2D eigenvalue weighted by Crippen LogP contribution is -2.10. The molecule has 0 saturated heterocycles. The number of esters is 1. The third kappa shape index (κ3) is 3.05. The van der Waals surface area contributed by atoms with Gasteiger partial charge in [-0.3, -0.25) is 4.98 Å².